The minimum atomic E-state index is 0.0975. The van der Waals surface area contributed by atoms with E-state index in [1.165, 1.54) is 5.56 Å². The van der Waals surface area contributed by atoms with Gasteiger partial charge in [0.05, 0.1) is 11.8 Å². The summed E-state index contributed by atoms with van der Waals surface area (Å²) < 4.78 is 7.66. The number of rotatable bonds is 6. The van der Waals surface area contributed by atoms with Crippen LogP contribution in [-0.4, -0.2) is 36.5 Å². The van der Waals surface area contributed by atoms with E-state index in [1.807, 2.05) is 25.1 Å². The summed E-state index contributed by atoms with van der Waals surface area (Å²) in [4.78, 5) is 0. The van der Waals surface area contributed by atoms with Gasteiger partial charge in [-0.1, -0.05) is 30.3 Å². The zero-order chi connectivity index (χ0) is 15.4. The van der Waals surface area contributed by atoms with Gasteiger partial charge in [-0.25, -0.2) is 4.68 Å². The minimum absolute atomic E-state index is 0.0975. The fourth-order valence-corrected chi connectivity index (χ4v) is 2.95. The Balaban J connectivity index is 1.49. The van der Waals surface area contributed by atoms with Gasteiger partial charge in [0.1, 0.15) is 5.82 Å². The van der Waals surface area contributed by atoms with Crippen molar-refractivity contribution in [2.24, 2.45) is 5.92 Å². The second-order valence-corrected chi connectivity index (χ2v) is 5.89. The molecule has 2 aromatic rings. The first kappa shape index (κ1) is 15.1. The van der Waals surface area contributed by atoms with Crippen LogP contribution in [0.25, 0.3) is 0 Å². The summed E-state index contributed by atoms with van der Waals surface area (Å²) in [5.41, 5.74) is 2.28. The Hall–Kier alpha value is -1.85. The summed E-state index contributed by atoms with van der Waals surface area (Å²) in [7, 11) is 1.76. The number of nitrogens with one attached hydrogen (secondary N) is 2. The second kappa shape index (κ2) is 6.94. The minimum Gasteiger partial charge on any atom is -0.375 e. The number of benzene rings is 1. The fourth-order valence-electron chi connectivity index (χ4n) is 2.95. The number of aryl methyl sites for hydroxylation is 1. The molecular weight excluding hydrogens is 276 g/mol. The molecule has 0 amide bonds. The van der Waals surface area contributed by atoms with Crippen LogP contribution in [0, 0.1) is 12.8 Å². The van der Waals surface area contributed by atoms with Gasteiger partial charge in [0.15, 0.2) is 0 Å². The van der Waals surface area contributed by atoms with E-state index in [4.69, 9.17) is 4.74 Å². The molecule has 0 saturated carbocycles. The lowest BCUT2D eigenvalue weighted by molar-refractivity contribution is 0.101. The van der Waals surface area contributed by atoms with Crippen LogP contribution in [-0.2, 0) is 11.3 Å². The van der Waals surface area contributed by atoms with Crippen molar-refractivity contribution in [3.63, 3.8) is 0 Å². The van der Waals surface area contributed by atoms with Crippen LogP contribution in [0.5, 0.6) is 0 Å². The van der Waals surface area contributed by atoms with Gasteiger partial charge >= 0.3 is 0 Å². The van der Waals surface area contributed by atoms with Crippen molar-refractivity contribution in [3.05, 3.63) is 47.7 Å². The van der Waals surface area contributed by atoms with Crippen molar-refractivity contribution in [2.75, 3.05) is 32.1 Å². The van der Waals surface area contributed by atoms with Gasteiger partial charge in [0.2, 0.25) is 0 Å². The topological polar surface area (TPSA) is 51.1 Å². The van der Waals surface area contributed by atoms with Crippen LogP contribution in [0.1, 0.15) is 17.4 Å². The number of aromatic nitrogens is 2. The Morgan fingerprint density at radius 3 is 3.00 bits per heavy atom. The van der Waals surface area contributed by atoms with Crippen LogP contribution in [0.15, 0.2) is 36.4 Å². The highest BCUT2D eigenvalue weighted by atomic mass is 16.5. The molecule has 22 heavy (non-hydrogen) atoms. The summed E-state index contributed by atoms with van der Waals surface area (Å²) >= 11 is 0. The first-order chi connectivity index (χ1) is 10.8. The van der Waals surface area contributed by atoms with E-state index in [0.717, 1.165) is 37.7 Å². The molecule has 2 N–H and O–H groups in total. The fraction of sp³-hybridized carbons (Fsp3) is 0.471. The normalized spacial score (nSPS) is 18.5. The van der Waals surface area contributed by atoms with Crippen LogP contribution in [0.4, 0.5) is 5.82 Å². The maximum Gasteiger partial charge on any atom is 0.124 e. The van der Waals surface area contributed by atoms with Gasteiger partial charge in [0, 0.05) is 45.3 Å². The van der Waals surface area contributed by atoms with E-state index in [9.17, 15) is 0 Å². The van der Waals surface area contributed by atoms with Crippen LogP contribution in [0.2, 0.25) is 0 Å². The summed E-state index contributed by atoms with van der Waals surface area (Å²) in [5.74, 6) is 1.67. The highest BCUT2D eigenvalue weighted by Crippen LogP contribution is 2.19. The van der Waals surface area contributed by atoms with Crippen molar-refractivity contribution in [1.82, 2.24) is 15.1 Å². The third-order valence-electron chi connectivity index (χ3n) is 4.12. The maximum atomic E-state index is 5.59. The lowest BCUT2D eigenvalue weighted by Gasteiger charge is -2.26. The second-order valence-electron chi connectivity index (χ2n) is 5.89. The Bertz CT molecular complexity index is 596. The highest BCUT2D eigenvalue weighted by molar-refractivity contribution is 5.38. The molecule has 0 aliphatic carbocycles. The number of hydrogen-bond donors (Lipinski definition) is 2. The Morgan fingerprint density at radius 1 is 1.41 bits per heavy atom. The molecule has 3 rings (SSSR count). The molecule has 1 aromatic carbocycles. The monoisotopic (exact) mass is 300 g/mol. The number of hydrogen-bond acceptors (Lipinski definition) is 4. The number of methoxy groups -OCH3 is 1. The molecule has 1 aliphatic rings. The number of fused-ring (bicyclic) bond motifs is 1. The van der Waals surface area contributed by atoms with Crippen LogP contribution in [0.3, 0.4) is 0 Å². The Kier molecular flexibility index (Phi) is 4.75. The predicted molar refractivity (Wildman–Crippen MR) is 88.0 cm³/mol. The molecule has 1 aromatic heterocycles. The molecule has 2 heterocycles. The molecule has 0 saturated heterocycles. The van der Waals surface area contributed by atoms with Crippen LogP contribution >= 0.6 is 0 Å². The zero-order valence-electron chi connectivity index (χ0n) is 13.2. The lowest BCUT2D eigenvalue weighted by Crippen LogP contribution is -2.36. The largest absolute Gasteiger partial charge is 0.375 e. The molecule has 0 spiro atoms. The highest BCUT2D eigenvalue weighted by Gasteiger charge is 2.19. The van der Waals surface area contributed by atoms with E-state index >= 15 is 0 Å². The Labute approximate surface area is 131 Å². The van der Waals surface area contributed by atoms with Crippen molar-refractivity contribution in [1.29, 1.82) is 0 Å². The third-order valence-corrected chi connectivity index (χ3v) is 4.12. The van der Waals surface area contributed by atoms with E-state index in [0.29, 0.717) is 5.92 Å². The quantitative estimate of drug-likeness (QED) is 0.859. The van der Waals surface area contributed by atoms with Gasteiger partial charge in [-0.3, -0.25) is 0 Å². The molecule has 0 bridgehead atoms. The zero-order valence-corrected chi connectivity index (χ0v) is 13.2. The van der Waals surface area contributed by atoms with Crippen molar-refractivity contribution in [2.45, 2.75) is 19.6 Å². The molecule has 0 fully saturated rings. The van der Waals surface area contributed by atoms with Crippen molar-refractivity contribution in [3.8, 4) is 0 Å². The van der Waals surface area contributed by atoms with Gasteiger partial charge in [-0.05, 0) is 12.5 Å². The van der Waals surface area contributed by atoms with Gasteiger partial charge in [-0.15, -0.1) is 0 Å². The molecule has 1 aliphatic heterocycles. The smallest absolute Gasteiger partial charge is 0.124 e. The summed E-state index contributed by atoms with van der Waals surface area (Å²) in [5, 5.41) is 11.5. The predicted octanol–water partition coefficient (Wildman–Crippen LogP) is 2.21. The summed E-state index contributed by atoms with van der Waals surface area (Å²) in [6.45, 7) is 5.76. The van der Waals surface area contributed by atoms with Gasteiger partial charge in [0.25, 0.3) is 0 Å². The SMILES string of the molecule is COC(CNCC1CNc2cc(C)nn2C1)c1ccccc1. The number of anilines is 1. The molecule has 0 radical (unpaired) electrons. The first-order valence-electron chi connectivity index (χ1n) is 7.83. The van der Waals surface area contributed by atoms with Gasteiger partial charge in [-0.2, -0.15) is 5.10 Å². The molecule has 5 nitrogen and oxygen atoms in total. The van der Waals surface area contributed by atoms with E-state index in [2.05, 4.69) is 38.6 Å². The van der Waals surface area contributed by atoms with E-state index in [1.54, 1.807) is 7.11 Å². The van der Waals surface area contributed by atoms with Crippen molar-refractivity contribution >= 4 is 5.82 Å². The van der Waals surface area contributed by atoms with E-state index in [-0.39, 0.29) is 6.10 Å². The average molecular weight is 300 g/mol. The summed E-state index contributed by atoms with van der Waals surface area (Å²) in [6.07, 6.45) is 0.0975. The van der Waals surface area contributed by atoms with E-state index < -0.39 is 0 Å². The standard InChI is InChI=1S/C17H24N4O/c1-13-8-17-19-10-14(12-21(17)20-13)9-18-11-16(22-2)15-6-4-3-5-7-15/h3-8,14,16,18-19H,9-12H2,1-2H3. The van der Waals surface area contributed by atoms with Crippen LogP contribution < -0.4 is 10.6 Å². The average Bonchev–Trinajstić information content (AvgIpc) is 2.92. The molecular formula is C17H24N4O. The molecule has 2 atom stereocenters. The Morgan fingerprint density at radius 2 is 2.23 bits per heavy atom. The third kappa shape index (κ3) is 3.48. The first-order valence-corrected chi connectivity index (χ1v) is 7.83. The molecule has 118 valence electrons. The molecule has 5 heteroatoms. The number of nitrogens with zero attached hydrogens (tertiary/aromatic N) is 2. The van der Waals surface area contributed by atoms with Gasteiger partial charge < -0.3 is 15.4 Å². The maximum absolute atomic E-state index is 5.59. The number of ether oxygens (including phenoxy) is 1. The summed E-state index contributed by atoms with van der Waals surface area (Å²) in [6, 6.07) is 12.4. The van der Waals surface area contributed by atoms with Crippen molar-refractivity contribution < 1.29 is 4.74 Å². The molecule has 2 unspecified atom stereocenters. The lowest BCUT2D eigenvalue weighted by atomic mass is 10.1.